The number of aliphatic hydroxyl groups is 1. The number of aromatic nitrogens is 1. The number of hydrogen-bond donors (Lipinski definition) is 1. The Kier molecular flexibility index (Phi) is 4.46. The fourth-order valence-corrected chi connectivity index (χ4v) is 4.96. The van der Waals surface area contributed by atoms with Crippen molar-refractivity contribution in [3.63, 3.8) is 0 Å². The molecule has 150 valence electrons. The summed E-state index contributed by atoms with van der Waals surface area (Å²) < 4.78 is 0. The third-order valence-electron chi connectivity index (χ3n) is 6.33. The predicted octanol–water partition coefficient (Wildman–Crippen LogP) is 0.640. The third kappa shape index (κ3) is 3.06. The zero-order valence-corrected chi connectivity index (χ0v) is 16.1. The molecule has 0 unspecified atom stereocenters. The zero-order chi connectivity index (χ0) is 20.0. The van der Waals surface area contributed by atoms with Crippen LogP contribution in [0.15, 0.2) is 54.9 Å². The van der Waals surface area contributed by atoms with Crippen LogP contribution in [0.25, 0.3) is 0 Å². The maximum absolute atomic E-state index is 13.5. The van der Waals surface area contributed by atoms with E-state index in [1.807, 2.05) is 47.4 Å². The van der Waals surface area contributed by atoms with Crippen LogP contribution in [-0.2, 0) is 22.7 Å². The lowest BCUT2D eigenvalue weighted by atomic mass is 9.82. The summed E-state index contributed by atoms with van der Waals surface area (Å²) in [7, 11) is 0. The number of pyridine rings is 1. The Bertz CT molecular complexity index is 914. The van der Waals surface area contributed by atoms with Crippen LogP contribution < -0.4 is 0 Å². The van der Waals surface area contributed by atoms with Gasteiger partial charge in [0.25, 0.3) is 5.91 Å². The van der Waals surface area contributed by atoms with Crippen molar-refractivity contribution >= 4 is 11.8 Å². The normalized spacial score (nSPS) is 26.6. The Morgan fingerprint density at radius 2 is 1.69 bits per heavy atom. The van der Waals surface area contributed by atoms with E-state index in [9.17, 15) is 14.7 Å². The van der Waals surface area contributed by atoms with Crippen molar-refractivity contribution in [1.29, 1.82) is 0 Å². The lowest BCUT2D eigenvalue weighted by molar-refractivity contribution is -0.181. The molecular formula is C22H24N4O3. The molecule has 0 saturated carbocycles. The van der Waals surface area contributed by atoms with Crippen molar-refractivity contribution in [3.05, 3.63) is 66.0 Å². The first-order valence-corrected chi connectivity index (χ1v) is 10.0. The molecule has 7 heteroatoms. The van der Waals surface area contributed by atoms with E-state index < -0.39 is 17.7 Å². The van der Waals surface area contributed by atoms with E-state index in [0.29, 0.717) is 26.1 Å². The lowest BCUT2D eigenvalue weighted by Gasteiger charge is -2.58. The van der Waals surface area contributed by atoms with Gasteiger partial charge < -0.3 is 5.11 Å². The van der Waals surface area contributed by atoms with E-state index in [1.54, 1.807) is 12.4 Å². The fourth-order valence-electron chi connectivity index (χ4n) is 4.96. The van der Waals surface area contributed by atoms with Crippen LogP contribution in [-0.4, -0.2) is 73.9 Å². The van der Waals surface area contributed by atoms with Gasteiger partial charge in [0.15, 0.2) is 0 Å². The molecule has 7 nitrogen and oxygen atoms in total. The first-order valence-electron chi connectivity index (χ1n) is 10.0. The maximum Gasteiger partial charge on any atom is 0.252 e. The second-order valence-electron chi connectivity index (χ2n) is 8.31. The zero-order valence-electron chi connectivity index (χ0n) is 16.1. The molecule has 3 saturated heterocycles. The third-order valence-corrected chi connectivity index (χ3v) is 6.33. The molecule has 2 aromatic rings. The van der Waals surface area contributed by atoms with E-state index >= 15 is 0 Å². The van der Waals surface area contributed by atoms with Gasteiger partial charge in [-0.15, -0.1) is 0 Å². The SMILES string of the molecule is O=C1[C@@H]2C[C@@H](O)CN2C2(CN(Cc3ccncc3)C2)C(=O)N1Cc1ccccc1. The summed E-state index contributed by atoms with van der Waals surface area (Å²) in [4.78, 5) is 36.3. The number of rotatable bonds is 4. The summed E-state index contributed by atoms with van der Waals surface area (Å²) in [5, 5.41) is 10.2. The van der Waals surface area contributed by atoms with E-state index in [2.05, 4.69) is 9.88 Å². The molecule has 29 heavy (non-hydrogen) atoms. The van der Waals surface area contributed by atoms with Gasteiger partial charge in [0.05, 0.1) is 18.7 Å². The number of fused-ring (bicyclic) bond motifs is 2. The number of benzene rings is 1. The topological polar surface area (TPSA) is 77.0 Å². The molecule has 1 aromatic heterocycles. The van der Waals surface area contributed by atoms with Crippen LogP contribution in [0.3, 0.4) is 0 Å². The van der Waals surface area contributed by atoms with Crippen molar-refractivity contribution in [3.8, 4) is 0 Å². The van der Waals surface area contributed by atoms with Crippen molar-refractivity contribution in [2.45, 2.75) is 37.2 Å². The van der Waals surface area contributed by atoms with Gasteiger partial charge in [-0.3, -0.25) is 29.3 Å². The molecule has 0 bridgehead atoms. The highest BCUT2D eigenvalue weighted by atomic mass is 16.3. The number of likely N-dealkylation sites (tertiary alicyclic amines) is 1. The molecule has 1 spiro atoms. The first-order chi connectivity index (χ1) is 14.1. The number of hydrogen-bond acceptors (Lipinski definition) is 6. The monoisotopic (exact) mass is 392 g/mol. The number of β-amino-alcohol motifs (C(OH)–C–C–N with tert-alkyl or cyclic N) is 1. The highest BCUT2D eigenvalue weighted by molar-refractivity contribution is 6.06. The van der Waals surface area contributed by atoms with Gasteiger partial charge in [-0.2, -0.15) is 0 Å². The van der Waals surface area contributed by atoms with Gasteiger partial charge >= 0.3 is 0 Å². The number of aliphatic hydroxyl groups excluding tert-OH is 1. The van der Waals surface area contributed by atoms with Crippen LogP contribution in [0, 0.1) is 0 Å². The Morgan fingerprint density at radius 3 is 2.41 bits per heavy atom. The average molecular weight is 392 g/mol. The Labute approximate surface area is 169 Å². The molecule has 2 amide bonds. The molecule has 3 aliphatic rings. The average Bonchev–Trinajstić information content (AvgIpc) is 3.10. The van der Waals surface area contributed by atoms with Crippen LogP contribution in [0.5, 0.6) is 0 Å². The summed E-state index contributed by atoms with van der Waals surface area (Å²) in [6.45, 7) is 2.53. The minimum absolute atomic E-state index is 0.136. The lowest BCUT2D eigenvalue weighted by Crippen LogP contribution is -2.81. The highest BCUT2D eigenvalue weighted by Gasteiger charge is 2.64. The van der Waals surface area contributed by atoms with Gasteiger partial charge in [-0.1, -0.05) is 30.3 Å². The summed E-state index contributed by atoms with van der Waals surface area (Å²) in [6.07, 6.45) is 3.36. The Morgan fingerprint density at radius 1 is 1.00 bits per heavy atom. The molecule has 2 atom stereocenters. The van der Waals surface area contributed by atoms with E-state index in [4.69, 9.17) is 0 Å². The number of carbonyl (C=O) groups is 2. The standard InChI is InChI=1S/C22H24N4O3/c27-18-10-19-20(28)25(12-16-4-2-1-3-5-16)21(29)22(26(19)13-18)14-24(15-22)11-17-6-8-23-9-7-17/h1-9,18-19,27H,10-15H2/t18-,19+/m1/s1. The van der Waals surface area contributed by atoms with Gasteiger partial charge in [0.1, 0.15) is 5.54 Å². The first kappa shape index (κ1) is 18.4. The summed E-state index contributed by atoms with van der Waals surface area (Å²) >= 11 is 0. The van der Waals surface area contributed by atoms with E-state index in [0.717, 1.165) is 17.7 Å². The molecule has 4 heterocycles. The number of nitrogens with zero attached hydrogens (tertiary/aromatic N) is 4. The molecule has 3 aliphatic heterocycles. The fraction of sp³-hybridized carbons (Fsp3) is 0.409. The second-order valence-corrected chi connectivity index (χ2v) is 8.31. The number of piperazine rings is 1. The smallest absolute Gasteiger partial charge is 0.252 e. The minimum Gasteiger partial charge on any atom is -0.392 e. The minimum atomic E-state index is -0.724. The highest BCUT2D eigenvalue weighted by Crippen LogP contribution is 2.41. The van der Waals surface area contributed by atoms with Gasteiger partial charge in [-0.25, -0.2) is 0 Å². The molecule has 1 N–H and O–H groups in total. The van der Waals surface area contributed by atoms with Crippen LogP contribution in [0.2, 0.25) is 0 Å². The number of amides is 2. The molecule has 1 aromatic carbocycles. The quantitative estimate of drug-likeness (QED) is 0.770. The largest absolute Gasteiger partial charge is 0.392 e. The predicted molar refractivity (Wildman–Crippen MR) is 105 cm³/mol. The molecule has 5 rings (SSSR count). The van der Waals surface area contributed by atoms with Crippen molar-refractivity contribution in [2.24, 2.45) is 0 Å². The summed E-state index contributed by atoms with van der Waals surface area (Å²) in [5.41, 5.74) is 1.36. The molecule has 0 radical (unpaired) electrons. The summed E-state index contributed by atoms with van der Waals surface area (Å²) in [6, 6.07) is 13.1. The molecule has 3 fully saturated rings. The summed E-state index contributed by atoms with van der Waals surface area (Å²) in [5.74, 6) is -0.323. The van der Waals surface area contributed by atoms with Gasteiger partial charge in [0.2, 0.25) is 5.91 Å². The Hall–Kier alpha value is -2.61. The van der Waals surface area contributed by atoms with E-state index in [-0.39, 0.29) is 18.4 Å². The van der Waals surface area contributed by atoms with E-state index in [1.165, 1.54) is 4.90 Å². The van der Waals surface area contributed by atoms with Crippen molar-refractivity contribution < 1.29 is 14.7 Å². The second kappa shape index (κ2) is 7.02. The molecule has 0 aliphatic carbocycles. The number of carbonyl (C=O) groups excluding carboxylic acids is 2. The Balaban J connectivity index is 1.40. The van der Waals surface area contributed by atoms with Crippen LogP contribution in [0.4, 0.5) is 0 Å². The maximum atomic E-state index is 13.5. The van der Waals surface area contributed by atoms with Crippen LogP contribution >= 0.6 is 0 Å². The molecular weight excluding hydrogens is 368 g/mol. The van der Waals surface area contributed by atoms with Crippen LogP contribution in [0.1, 0.15) is 17.5 Å². The van der Waals surface area contributed by atoms with Gasteiger partial charge in [0, 0.05) is 38.6 Å². The number of imide groups is 1. The van der Waals surface area contributed by atoms with Gasteiger partial charge in [-0.05, 0) is 29.7 Å². The van der Waals surface area contributed by atoms with Crippen molar-refractivity contribution in [1.82, 2.24) is 19.7 Å². The van der Waals surface area contributed by atoms with Crippen molar-refractivity contribution in [2.75, 3.05) is 19.6 Å².